The number of amides is 1. The van der Waals surface area contributed by atoms with Crippen molar-refractivity contribution in [1.29, 1.82) is 0 Å². The van der Waals surface area contributed by atoms with Gasteiger partial charge in [0.05, 0.1) is 6.54 Å². The topological polar surface area (TPSA) is 103 Å². The van der Waals surface area contributed by atoms with Gasteiger partial charge in [-0.15, -0.1) is 0 Å². The zero-order chi connectivity index (χ0) is 15.4. The van der Waals surface area contributed by atoms with E-state index in [0.29, 0.717) is 23.8 Å². The van der Waals surface area contributed by atoms with Crippen molar-refractivity contribution in [3.05, 3.63) is 46.4 Å². The molecule has 22 heavy (non-hydrogen) atoms. The number of aromatic nitrogens is 2. The second-order valence-electron chi connectivity index (χ2n) is 4.43. The number of hydrogen-bond donors (Lipinski definition) is 2. The van der Waals surface area contributed by atoms with Gasteiger partial charge in [-0.3, -0.25) is 9.59 Å². The molecule has 2 heterocycles. The molecular formula is C14H13N3O5. The maximum Gasteiger partial charge on any atom is 0.271 e. The molecule has 2 N–H and O–H groups in total. The molecule has 1 aliphatic heterocycles. The van der Waals surface area contributed by atoms with Crippen LogP contribution in [0, 0.1) is 0 Å². The number of aromatic amines is 1. The number of carbonyl (C=O) groups excluding carboxylic acids is 1. The fourth-order valence-corrected chi connectivity index (χ4v) is 1.86. The summed E-state index contributed by atoms with van der Waals surface area (Å²) in [6.45, 7) is 0.795. The molecule has 3 rings (SSSR count). The van der Waals surface area contributed by atoms with E-state index in [0.717, 1.165) is 0 Å². The van der Waals surface area contributed by atoms with E-state index in [4.69, 9.17) is 14.2 Å². The Balaban J connectivity index is 1.46. The van der Waals surface area contributed by atoms with Gasteiger partial charge < -0.3 is 19.5 Å². The fourth-order valence-electron chi connectivity index (χ4n) is 1.86. The van der Waals surface area contributed by atoms with Crippen LogP contribution in [0.4, 0.5) is 0 Å². The summed E-state index contributed by atoms with van der Waals surface area (Å²) < 4.78 is 16.0. The summed E-state index contributed by atoms with van der Waals surface area (Å²) >= 11 is 0. The van der Waals surface area contributed by atoms with Crippen molar-refractivity contribution in [2.24, 2.45) is 0 Å². The normalized spacial score (nSPS) is 12.0. The largest absolute Gasteiger partial charge is 0.492 e. The second kappa shape index (κ2) is 6.17. The first-order valence-corrected chi connectivity index (χ1v) is 6.59. The molecule has 2 aromatic rings. The van der Waals surface area contributed by atoms with Crippen LogP contribution in [-0.4, -0.2) is 36.0 Å². The molecule has 0 saturated carbocycles. The third-order valence-corrected chi connectivity index (χ3v) is 2.91. The smallest absolute Gasteiger partial charge is 0.271 e. The Kier molecular flexibility index (Phi) is 3.90. The Labute approximate surface area is 125 Å². The quantitative estimate of drug-likeness (QED) is 0.771. The lowest BCUT2D eigenvalue weighted by molar-refractivity contribution is 0.0941. The van der Waals surface area contributed by atoms with Crippen LogP contribution in [0.25, 0.3) is 0 Å². The van der Waals surface area contributed by atoms with Crippen LogP contribution in [0.15, 0.2) is 35.1 Å². The number of fused-ring (bicyclic) bond motifs is 1. The van der Waals surface area contributed by atoms with Gasteiger partial charge in [0, 0.05) is 12.1 Å². The number of H-pyrrole nitrogens is 1. The maximum absolute atomic E-state index is 11.7. The second-order valence-corrected chi connectivity index (χ2v) is 4.43. The van der Waals surface area contributed by atoms with Gasteiger partial charge in [-0.05, 0) is 18.2 Å². The molecule has 114 valence electrons. The van der Waals surface area contributed by atoms with Gasteiger partial charge in [0.15, 0.2) is 11.5 Å². The third-order valence-electron chi connectivity index (χ3n) is 2.91. The lowest BCUT2D eigenvalue weighted by atomic mass is 10.3. The van der Waals surface area contributed by atoms with Crippen molar-refractivity contribution >= 4 is 5.91 Å². The summed E-state index contributed by atoms with van der Waals surface area (Å²) in [4.78, 5) is 22.6. The van der Waals surface area contributed by atoms with E-state index in [1.807, 2.05) is 0 Å². The van der Waals surface area contributed by atoms with Crippen molar-refractivity contribution in [2.75, 3.05) is 19.9 Å². The summed E-state index contributed by atoms with van der Waals surface area (Å²) in [7, 11) is 0. The zero-order valence-corrected chi connectivity index (χ0v) is 11.5. The van der Waals surface area contributed by atoms with Crippen LogP contribution in [0.2, 0.25) is 0 Å². The number of carbonyl (C=O) groups is 1. The number of nitrogens with one attached hydrogen (secondary N) is 2. The first-order valence-electron chi connectivity index (χ1n) is 6.59. The number of nitrogens with zero attached hydrogens (tertiary/aromatic N) is 1. The standard InChI is InChI=1S/C14H13N3O5/c18-13-4-2-10(16-17-13)14(19)15-5-6-20-9-1-3-11-12(7-9)22-8-21-11/h1-4,7H,5-6,8H2,(H,15,19)(H,17,18). The Morgan fingerprint density at radius 3 is 2.95 bits per heavy atom. The molecule has 0 radical (unpaired) electrons. The van der Waals surface area contributed by atoms with Crippen molar-refractivity contribution in [1.82, 2.24) is 15.5 Å². The third kappa shape index (κ3) is 3.17. The van der Waals surface area contributed by atoms with Gasteiger partial charge in [-0.1, -0.05) is 0 Å². The molecule has 1 aromatic heterocycles. The average Bonchev–Trinajstić information content (AvgIpc) is 2.99. The summed E-state index contributed by atoms with van der Waals surface area (Å²) in [6, 6.07) is 7.85. The van der Waals surface area contributed by atoms with Crippen molar-refractivity contribution in [3.63, 3.8) is 0 Å². The summed E-state index contributed by atoms with van der Waals surface area (Å²) in [5, 5.41) is 8.47. The van der Waals surface area contributed by atoms with Crippen molar-refractivity contribution in [3.8, 4) is 17.2 Å². The van der Waals surface area contributed by atoms with Crippen molar-refractivity contribution < 1.29 is 19.0 Å². The fraction of sp³-hybridized carbons (Fsp3) is 0.214. The van der Waals surface area contributed by atoms with Crippen LogP contribution < -0.4 is 25.1 Å². The average molecular weight is 303 g/mol. The molecular weight excluding hydrogens is 290 g/mol. The summed E-state index contributed by atoms with van der Waals surface area (Å²) in [5.41, 5.74) is -0.217. The summed E-state index contributed by atoms with van der Waals surface area (Å²) in [5.74, 6) is 1.56. The van der Waals surface area contributed by atoms with Crippen LogP contribution in [0.1, 0.15) is 10.5 Å². The van der Waals surface area contributed by atoms with Crippen LogP contribution in [0.3, 0.4) is 0 Å². The van der Waals surface area contributed by atoms with Gasteiger partial charge in [0.2, 0.25) is 6.79 Å². The zero-order valence-electron chi connectivity index (χ0n) is 11.5. The molecule has 0 saturated heterocycles. The Hall–Kier alpha value is -3.03. The van der Waals surface area contributed by atoms with E-state index < -0.39 is 0 Å². The lowest BCUT2D eigenvalue weighted by Crippen LogP contribution is -2.29. The molecule has 1 amide bonds. The summed E-state index contributed by atoms with van der Waals surface area (Å²) in [6.07, 6.45) is 0. The molecule has 0 aliphatic carbocycles. The molecule has 1 aliphatic rings. The van der Waals surface area contributed by atoms with Crippen LogP contribution >= 0.6 is 0 Å². The Bertz CT molecular complexity index is 723. The van der Waals surface area contributed by atoms with Crippen LogP contribution in [-0.2, 0) is 0 Å². The molecule has 0 atom stereocenters. The predicted octanol–water partition coefficient (Wildman–Crippen LogP) is 0.307. The minimum Gasteiger partial charge on any atom is -0.492 e. The lowest BCUT2D eigenvalue weighted by Gasteiger charge is -2.08. The van der Waals surface area contributed by atoms with E-state index in [9.17, 15) is 9.59 Å². The van der Waals surface area contributed by atoms with Gasteiger partial charge in [0.25, 0.3) is 11.5 Å². The first kappa shape index (κ1) is 13.9. The maximum atomic E-state index is 11.7. The van der Waals surface area contributed by atoms with E-state index in [2.05, 4.69) is 15.5 Å². The Morgan fingerprint density at radius 2 is 2.14 bits per heavy atom. The molecule has 1 aromatic carbocycles. The first-order chi connectivity index (χ1) is 10.7. The number of hydrogen-bond acceptors (Lipinski definition) is 6. The molecule has 0 unspecified atom stereocenters. The van der Waals surface area contributed by atoms with Gasteiger partial charge >= 0.3 is 0 Å². The molecule has 0 spiro atoms. The molecule has 8 nitrogen and oxygen atoms in total. The van der Waals surface area contributed by atoms with Crippen LogP contribution in [0.5, 0.6) is 17.2 Å². The highest BCUT2D eigenvalue weighted by molar-refractivity contribution is 5.91. The van der Waals surface area contributed by atoms with Gasteiger partial charge in [0.1, 0.15) is 18.1 Å². The molecule has 8 heteroatoms. The number of ether oxygens (including phenoxy) is 3. The predicted molar refractivity (Wildman–Crippen MR) is 75.3 cm³/mol. The van der Waals surface area contributed by atoms with Gasteiger partial charge in [-0.2, -0.15) is 5.10 Å². The van der Waals surface area contributed by atoms with E-state index in [-0.39, 0.29) is 30.6 Å². The highest BCUT2D eigenvalue weighted by atomic mass is 16.7. The SMILES string of the molecule is O=C(NCCOc1ccc2c(c1)OCO2)c1ccc(=O)[nH]n1. The highest BCUT2D eigenvalue weighted by Crippen LogP contribution is 2.34. The van der Waals surface area contributed by atoms with E-state index >= 15 is 0 Å². The minimum atomic E-state index is -0.384. The molecule has 0 bridgehead atoms. The number of rotatable bonds is 5. The van der Waals surface area contributed by atoms with E-state index in [1.54, 1.807) is 18.2 Å². The van der Waals surface area contributed by atoms with E-state index in [1.165, 1.54) is 12.1 Å². The number of benzene rings is 1. The van der Waals surface area contributed by atoms with Crippen molar-refractivity contribution in [2.45, 2.75) is 0 Å². The van der Waals surface area contributed by atoms with Gasteiger partial charge in [-0.25, -0.2) is 5.10 Å². The minimum absolute atomic E-state index is 0.141. The Morgan fingerprint density at radius 1 is 1.27 bits per heavy atom. The highest BCUT2D eigenvalue weighted by Gasteiger charge is 2.13. The molecule has 0 fully saturated rings. The monoisotopic (exact) mass is 303 g/mol.